The zero-order valence-corrected chi connectivity index (χ0v) is 11.1. The molecule has 3 nitrogen and oxygen atoms in total. The lowest BCUT2D eigenvalue weighted by Gasteiger charge is -2.29. The van der Waals surface area contributed by atoms with Gasteiger partial charge in [0.2, 0.25) is 0 Å². The minimum absolute atomic E-state index is 0.726. The molecule has 0 spiro atoms. The van der Waals surface area contributed by atoms with Crippen LogP contribution in [0.25, 0.3) is 0 Å². The van der Waals surface area contributed by atoms with E-state index in [0.717, 1.165) is 37.6 Å². The van der Waals surface area contributed by atoms with E-state index < -0.39 is 0 Å². The predicted molar refractivity (Wildman–Crippen MR) is 76.2 cm³/mol. The van der Waals surface area contributed by atoms with Crippen molar-refractivity contribution >= 4 is 23.1 Å². The topological polar surface area (TPSA) is 38.5 Å². The summed E-state index contributed by atoms with van der Waals surface area (Å²) < 4.78 is 5.66. The Labute approximate surface area is 107 Å². The molecule has 1 aliphatic heterocycles. The molecule has 94 valence electrons. The summed E-state index contributed by atoms with van der Waals surface area (Å²) >= 11 is 2.02. The number of anilines is 2. The third-order valence-electron chi connectivity index (χ3n) is 2.84. The molecule has 0 bridgehead atoms. The molecule has 2 N–H and O–H groups in total. The van der Waals surface area contributed by atoms with E-state index in [1.807, 2.05) is 17.8 Å². The van der Waals surface area contributed by atoms with Crippen LogP contribution in [0, 0.1) is 0 Å². The first-order valence-corrected chi connectivity index (χ1v) is 7.31. The minimum atomic E-state index is 0.726. The molecule has 0 amide bonds. The van der Waals surface area contributed by atoms with Crippen molar-refractivity contribution in [3.8, 4) is 5.75 Å². The molecular weight excluding hydrogens is 232 g/mol. The number of nitrogen functional groups attached to an aromatic ring is 1. The molecule has 1 heterocycles. The molecule has 1 saturated heterocycles. The lowest BCUT2D eigenvalue weighted by Crippen LogP contribution is -2.32. The molecule has 1 fully saturated rings. The second-order valence-corrected chi connectivity index (χ2v) is 5.39. The largest absolute Gasteiger partial charge is 0.491 e. The predicted octanol–water partition coefficient (Wildman–Crippen LogP) is 2.61. The van der Waals surface area contributed by atoms with Gasteiger partial charge in [-0.2, -0.15) is 11.8 Å². The van der Waals surface area contributed by atoms with Gasteiger partial charge < -0.3 is 15.4 Å². The molecule has 1 aromatic carbocycles. The average molecular weight is 252 g/mol. The van der Waals surface area contributed by atoms with Gasteiger partial charge in [-0.15, -0.1) is 0 Å². The van der Waals surface area contributed by atoms with Crippen molar-refractivity contribution in [1.82, 2.24) is 0 Å². The number of hydrogen-bond donors (Lipinski definition) is 1. The number of ether oxygens (including phenoxy) is 1. The lowest BCUT2D eigenvalue weighted by atomic mass is 10.2. The van der Waals surface area contributed by atoms with E-state index in [9.17, 15) is 0 Å². The van der Waals surface area contributed by atoms with E-state index in [4.69, 9.17) is 10.5 Å². The molecule has 0 aliphatic carbocycles. The number of nitrogens with two attached hydrogens (primary N) is 1. The molecule has 0 aromatic heterocycles. The van der Waals surface area contributed by atoms with Crippen LogP contribution in [-0.4, -0.2) is 31.2 Å². The maximum atomic E-state index is 5.91. The van der Waals surface area contributed by atoms with Gasteiger partial charge in [-0.1, -0.05) is 6.92 Å². The number of benzene rings is 1. The van der Waals surface area contributed by atoms with Gasteiger partial charge in [-0.3, -0.25) is 0 Å². The summed E-state index contributed by atoms with van der Waals surface area (Å²) in [4.78, 5) is 2.40. The zero-order chi connectivity index (χ0) is 12.1. The Morgan fingerprint density at radius 3 is 2.82 bits per heavy atom. The summed E-state index contributed by atoms with van der Waals surface area (Å²) in [6.45, 7) is 5.05. The van der Waals surface area contributed by atoms with Crippen LogP contribution in [0.1, 0.15) is 13.3 Å². The van der Waals surface area contributed by atoms with Gasteiger partial charge in [-0.05, 0) is 18.6 Å². The fourth-order valence-electron chi connectivity index (χ4n) is 1.88. The van der Waals surface area contributed by atoms with Crippen LogP contribution in [0.2, 0.25) is 0 Å². The second kappa shape index (κ2) is 6.05. The third kappa shape index (κ3) is 3.22. The highest BCUT2D eigenvalue weighted by Crippen LogP contribution is 2.29. The van der Waals surface area contributed by atoms with Gasteiger partial charge in [0, 0.05) is 36.3 Å². The Bertz CT molecular complexity index is 364. The smallest absolute Gasteiger partial charge is 0.144 e. The minimum Gasteiger partial charge on any atom is -0.491 e. The quantitative estimate of drug-likeness (QED) is 0.836. The first-order valence-electron chi connectivity index (χ1n) is 6.16. The Balaban J connectivity index is 2.11. The van der Waals surface area contributed by atoms with Gasteiger partial charge in [0.25, 0.3) is 0 Å². The maximum absolute atomic E-state index is 5.91. The molecule has 2 rings (SSSR count). The average Bonchev–Trinajstić information content (AvgIpc) is 2.39. The fourth-order valence-corrected chi connectivity index (χ4v) is 2.78. The van der Waals surface area contributed by atoms with Crippen LogP contribution >= 0.6 is 11.8 Å². The summed E-state index contributed by atoms with van der Waals surface area (Å²) in [5.74, 6) is 3.23. The number of hydrogen-bond acceptors (Lipinski definition) is 4. The van der Waals surface area contributed by atoms with Gasteiger partial charge in [-0.25, -0.2) is 0 Å². The van der Waals surface area contributed by atoms with E-state index >= 15 is 0 Å². The third-order valence-corrected chi connectivity index (χ3v) is 3.78. The van der Waals surface area contributed by atoms with Crippen molar-refractivity contribution in [3.05, 3.63) is 18.2 Å². The van der Waals surface area contributed by atoms with Gasteiger partial charge >= 0.3 is 0 Å². The SMILES string of the molecule is CCCOc1cc(N2CCSCC2)ccc1N. The summed E-state index contributed by atoms with van der Waals surface area (Å²) in [6.07, 6.45) is 1.00. The number of nitrogens with zero attached hydrogens (tertiary/aromatic N) is 1. The van der Waals surface area contributed by atoms with Crippen LogP contribution in [0.15, 0.2) is 18.2 Å². The van der Waals surface area contributed by atoms with Gasteiger partial charge in [0.1, 0.15) is 5.75 Å². The Morgan fingerprint density at radius 2 is 2.12 bits per heavy atom. The van der Waals surface area contributed by atoms with E-state index in [-0.39, 0.29) is 0 Å². The molecule has 0 unspecified atom stereocenters. The monoisotopic (exact) mass is 252 g/mol. The highest BCUT2D eigenvalue weighted by atomic mass is 32.2. The van der Waals surface area contributed by atoms with Crippen LogP contribution in [0.5, 0.6) is 5.75 Å². The summed E-state index contributed by atoms with van der Waals surface area (Å²) in [6, 6.07) is 6.10. The van der Waals surface area contributed by atoms with Crippen molar-refractivity contribution < 1.29 is 4.74 Å². The van der Waals surface area contributed by atoms with Gasteiger partial charge in [0.15, 0.2) is 0 Å². The normalized spacial score (nSPS) is 15.9. The number of thioether (sulfide) groups is 1. The van der Waals surface area contributed by atoms with Crippen LogP contribution in [0.4, 0.5) is 11.4 Å². The molecule has 1 aromatic rings. The van der Waals surface area contributed by atoms with Crippen molar-refractivity contribution in [2.45, 2.75) is 13.3 Å². The zero-order valence-electron chi connectivity index (χ0n) is 10.3. The van der Waals surface area contributed by atoms with Crippen molar-refractivity contribution in [2.24, 2.45) is 0 Å². The Kier molecular flexibility index (Phi) is 4.42. The van der Waals surface area contributed by atoms with E-state index in [1.165, 1.54) is 17.2 Å². The van der Waals surface area contributed by atoms with Crippen molar-refractivity contribution in [1.29, 1.82) is 0 Å². The fraction of sp³-hybridized carbons (Fsp3) is 0.538. The molecule has 1 aliphatic rings. The lowest BCUT2D eigenvalue weighted by molar-refractivity contribution is 0.319. The van der Waals surface area contributed by atoms with E-state index in [2.05, 4.69) is 24.0 Å². The van der Waals surface area contributed by atoms with Crippen molar-refractivity contribution in [2.75, 3.05) is 41.8 Å². The molecule has 0 atom stereocenters. The summed E-state index contributed by atoms with van der Waals surface area (Å²) in [7, 11) is 0. The summed E-state index contributed by atoms with van der Waals surface area (Å²) in [5.41, 5.74) is 7.87. The van der Waals surface area contributed by atoms with Crippen LogP contribution < -0.4 is 15.4 Å². The van der Waals surface area contributed by atoms with Crippen molar-refractivity contribution in [3.63, 3.8) is 0 Å². The first-order chi connectivity index (χ1) is 8.31. The van der Waals surface area contributed by atoms with Crippen LogP contribution in [0.3, 0.4) is 0 Å². The first kappa shape index (κ1) is 12.4. The molecule has 4 heteroatoms. The van der Waals surface area contributed by atoms with Crippen LogP contribution in [-0.2, 0) is 0 Å². The standard InChI is InChI=1S/C13H20N2OS/c1-2-7-16-13-10-11(3-4-12(13)14)15-5-8-17-9-6-15/h3-4,10H,2,5-9,14H2,1H3. The van der Waals surface area contributed by atoms with E-state index in [1.54, 1.807) is 0 Å². The highest BCUT2D eigenvalue weighted by molar-refractivity contribution is 7.99. The molecular formula is C13H20N2OS. The second-order valence-electron chi connectivity index (χ2n) is 4.17. The maximum Gasteiger partial charge on any atom is 0.144 e. The Hall–Kier alpha value is -1.03. The molecule has 0 saturated carbocycles. The summed E-state index contributed by atoms with van der Waals surface area (Å²) in [5, 5.41) is 0. The number of rotatable bonds is 4. The Morgan fingerprint density at radius 1 is 1.35 bits per heavy atom. The van der Waals surface area contributed by atoms with E-state index in [0.29, 0.717) is 0 Å². The molecule has 0 radical (unpaired) electrons. The molecule has 17 heavy (non-hydrogen) atoms. The van der Waals surface area contributed by atoms with Gasteiger partial charge in [0.05, 0.1) is 12.3 Å². The highest BCUT2D eigenvalue weighted by Gasteiger charge is 2.12.